The quantitative estimate of drug-likeness (QED) is 0.405. The Morgan fingerprint density at radius 2 is 2.55 bits per heavy atom. The van der Waals surface area contributed by atoms with Gasteiger partial charge in [0.05, 0.1) is 24.8 Å². The van der Waals surface area contributed by atoms with Crippen molar-refractivity contribution in [1.29, 1.82) is 0 Å². The summed E-state index contributed by atoms with van der Waals surface area (Å²) in [4.78, 5) is 16.1. The monoisotopic (exact) mass is 174 g/mol. The molecule has 0 saturated carbocycles. The number of hydrogen-bond acceptors (Lipinski definition) is 4. The molecule has 0 radical (unpaired) electrons. The van der Waals surface area contributed by atoms with E-state index in [1.807, 2.05) is 0 Å². The summed E-state index contributed by atoms with van der Waals surface area (Å²) in [5.74, 6) is 0.603. The lowest BCUT2D eigenvalue weighted by Gasteiger charge is -1.98. The molecule has 0 aliphatic rings. The van der Waals surface area contributed by atoms with E-state index in [0.717, 1.165) is 11.4 Å². The van der Waals surface area contributed by atoms with E-state index < -0.39 is 0 Å². The summed E-state index contributed by atoms with van der Waals surface area (Å²) in [6.07, 6.45) is 1.61. The first-order valence-electron chi connectivity index (χ1n) is 3.16. The number of hydrogen-bond donors (Lipinski definition) is 2. The van der Waals surface area contributed by atoms with E-state index in [2.05, 4.69) is 27.5 Å². The topological polar surface area (TPSA) is 47.1 Å². The van der Waals surface area contributed by atoms with Crippen molar-refractivity contribution in [2.24, 2.45) is 0 Å². The molecule has 1 heterocycles. The van der Waals surface area contributed by atoms with Crippen LogP contribution < -0.4 is 0 Å². The van der Waals surface area contributed by atoms with E-state index in [0.29, 0.717) is 12.4 Å². The number of nitrogens with zero attached hydrogens (tertiary/aromatic N) is 1. The maximum atomic E-state index is 4.72. The van der Waals surface area contributed by atoms with Crippen molar-refractivity contribution >= 4 is 12.6 Å². The molecule has 0 saturated heterocycles. The highest BCUT2D eigenvalue weighted by molar-refractivity contribution is 7.79. The molecule has 1 N–H and O–H groups in total. The highest BCUT2D eigenvalue weighted by Gasteiger charge is 2.02. The molecule has 11 heavy (non-hydrogen) atoms. The minimum absolute atomic E-state index is 0.381. The molecule has 1 aromatic rings. The lowest BCUT2D eigenvalue weighted by atomic mass is 10.4. The molecule has 1 rings (SSSR count). The van der Waals surface area contributed by atoms with Crippen LogP contribution in [-0.4, -0.2) is 17.1 Å². The number of aromatic amines is 1. The van der Waals surface area contributed by atoms with Crippen molar-refractivity contribution < 1.29 is 9.78 Å². The van der Waals surface area contributed by atoms with Crippen LogP contribution in [0.4, 0.5) is 0 Å². The number of thiol groups is 1. The third-order valence-electron chi connectivity index (χ3n) is 1.28. The van der Waals surface area contributed by atoms with Gasteiger partial charge >= 0.3 is 0 Å². The molecular formula is C6H10N2O2S. The van der Waals surface area contributed by atoms with Crippen molar-refractivity contribution in [3.05, 3.63) is 17.7 Å². The zero-order valence-electron chi connectivity index (χ0n) is 6.20. The number of aromatic nitrogens is 2. The van der Waals surface area contributed by atoms with Crippen LogP contribution in [0, 0.1) is 0 Å². The standard InChI is InChI=1S/C6H10N2O2S/c1-9-10-2-5-6(3-11)8-4-7-5/h4,11H,2-3H2,1H3,(H,7,8). The SMILES string of the molecule is COOCc1[nH]cnc1CS. The van der Waals surface area contributed by atoms with E-state index in [1.54, 1.807) is 6.33 Å². The van der Waals surface area contributed by atoms with E-state index in [4.69, 9.17) is 4.89 Å². The molecular weight excluding hydrogens is 164 g/mol. The minimum atomic E-state index is 0.381. The van der Waals surface area contributed by atoms with Gasteiger partial charge in [0.2, 0.25) is 0 Å². The van der Waals surface area contributed by atoms with Crippen LogP contribution >= 0.6 is 12.6 Å². The summed E-state index contributed by atoms with van der Waals surface area (Å²) in [6.45, 7) is 0.381. The van der Waals surface area contributed by atoms with Crippen LogP contribution in [0.5, 0.6) is 0 Å². The Morgan fingerprint density at radius 3 is 3.18 bits per heavy atom. The fourth-order valence-electron chi connectivity index (χ4n) is 0.728. The Labute approximate surface area is 70.3 Å². The highest BCUT2D eigenvalue weighted by Crippen LogP contribution is 2.06. The van der Waals surface area contributed by atoms with Crippen LogP contribution in [0.25, 0.3) is 0 Å². The molecule has 4 nitrogen and oxygen atoms in total. The molecule has 5 heteroatoms. The Hall–Kier alpha value is -0.520. The van der Waals surface area contributed by atoms with E-state index in [1.165, 1.54) is 7.11 Å². The summed E-state index contributed by atoms with van der Waals surface area (Å²) in [5.41, 5.74) is 1.80. The third kappa shape index (κ3) is 2.21. The molecule has 0 aromatic carbocycles. The van der Waals surface area contributed by atoms with Gasteiger partial charge in [-0.25, -0.2) is 14.8 Å². The lowest BCUT2D eigenvalue weighted by Crippen LogP contribution is -1.95. The average molecular weight is 174 g/mol. The van der Waals surface area contributed by atoms with Crippen LogP contribution in [0.3, 0.4) is 0 Å². The smallest absolute Gasteiger partial charge is 0.124 e. The molecule has 0 aliphatic heterocycles. The summed E-state index contributed by atoms with van der Waals surface area (Å²) in [7, 11) is 1.47. The van der Waals surface area contributed by atoms with Gasteiger partial charge in [-0.05, 0) is 0 Å². The fraction of sp³-hybridized carbons (Fsp3) is 0.500. The Bertz CT molecular complexity index is 214. The zero-order valence-corrected chi connectivity index (χ0v) is 7.10. The van der Waals surface area contributed by atoms with Gasteiger partial charge in [0, 0.05) is 5.75 Å². The second-order valence-electron chi connectivity index (χ2n) is 1.91. The third-order valence-corrected chi connectivity index (χ3v) is 1.58. The summed E-state index contributed by atoms with van der Waals surface area (Å²) < 4.78 is 0. The van der Waals surface area contributed by atoms with Crippen molar-refractivity contribution in [3.63, 3.8) is 0 Å². The number of imidazole rings is 1. The number of H-pyrrole nitrogens is 1. The van der Waals surface area contributed by atoms with E-state index >= 15 is 0 Å². The first-order chi connectivity index (χ1) is 5.38. The van der Waals surface area contributed by atoms with Gasteiger partial charge in [-0.2, -0.15) is 12.6 Å². The largest absolute Gasteiger partial charge is 0.346 e. The number of nitrogens with one attached hydrogen (secondary N) is 1. The van der Waals surface area contributed by atoms with Gasteiger partial charge in [-0.15, -0.1) is 0 Å². The summed E-state index contributed by atoms with van der Waals surface area (Å²) in [5, 5.41) is 0. The minimum Gasteiger partial charge on any atom is -0.346 e. The van der Waals surface area contributed by atoms with Gasteiger partial charge in [0.1, 0.15) is 6.61 Å². The van der Waals surface area contributed by atoms with Crippen LogP contribution in [0.1, 0.15) is 11.4 Å². The van der Waals surface area contributed by atoms with Gasteiger partial charge < -0.3 is 4.98 Å². The van der Waals surface area contributed by atoms with Gasteiger partial charge in [0.25, 0.3) is 0 Å². The summed E-state index contributed by atoms with van der Waals surface area (Å²) >= 11 is 4.09. The average Bonchev–Trinajstić information content (AvgIpc) is 2.47. The summed E-state index contributed by atoms with van der Waals surface area (Å²) in [6, 6.07) is 0. The van der Waals surface area contributed by atoms with Crippen molar-refractivity contribution in [1.82, 2.24) is 9.97 Å². The molecule has 0 atom stereocenters. The number of rotatable bonds is 4. The van der Waals surface area contributed by atoms with Gasteiger partial charge in [0.15, 0.2) is 0 Å². The zero-order chi connectivity index (χ0) is 8.10. The molecule has 0 amide bonds. The molecule has 0 fully saturated rings. The van der Waals surface area contributed by atoms with Gasteiger partial charge in [-0.3, -0.25) is 0 Å². The molecule has 0 bridgehead atoms. The second kappa shape index (κ2) is 4.38. The lowest BCUT2D eigenvalue weighted by molar-refractivity contribution is -0.282. The van der Waals surface area contributed by atoms with Gasteiger partial charge in [-0.1, -0.05) is 0 Å². The highest BCUT2D eigenvalue weighted by atomic mass is 32.1. The maximum Gasteiger partial charge on any atom is 0.124 e. The Balaban J connectivity index is 2.54. The molecule has 0 unspecified atom stereocenters. The normalized spacial score (nSPS) is 10.4. The Kier molecular flexibility index (Phi) is 3.41. The Morgan fingerprint density at radius 1 is 1.73 bits per heavy atom. The van der Waals surface area contributed by atoms with Crippen LogP contribution in [0.2, 0.25) is 0 Å². The second-order valence-corrected chi connectivity index (χ2v) is 2.23. The predicted octanol–water partition coefficient (Wildman–Crippen LogP) is 0.917. The molecule has 1 aromatic heterocycles. The molecule has 0 spiro atoms. The van der Waals surface area contributed by atoms with E-state index in [-0.39, 0.29) is 0 Å². The first kappa shape index (κ1) is 8.58. The van der Waals surface area contributed by atoms with Crippen LogP contribution in [0.15, 0.2) is 6.33 Å². The van der Waals surface area contributed by atoms with Crippen LogP contribution in [-0.2, 0) is 22.1 Å². The molecule has 0 aliphatic carbocycles. The first-order valence-corrected chi connectivity index (χ1v) is 3.79. The van der Waals surface area contributed by atoms with Crippen molar-refractivity contribution in [2.45, 2.75) is 12.4 Å². The van der Waals surface area contributed by atoms with E-state index in [9.17, 15) is 0 Å². The van der Waals surface area contributed by atoms with Crippen molar-refractivity contribution in [3.8, 4) is 0 Å². The predicted molar refractivity (Wildman–Crippen MR) is 43.1 cm³/mol. The maximum absolute atomic E-state index is 4.72. The van der Waals surface area contributed by atoms with Crippen molar-refractivity contribution in [2.75, 3.05) is 7.11 Å². The fourth-order valence-corrected chi connectivity index (χ4v) is 1.00. The molecule has 62 valence electrons.